The molecular formula is C72H48N2. The molecule has 12 aromatic carbocycles. The summed E-state index contributed by atoms with van der Waals surface area (Å²) in [5.74, 6) is 0. The Balaban J connectivity index is 0.956. The monoisotopic (exact) mass is 940 g/mol. The van der Waals surface area contributed by atoms with Crippen LogP contribution < -0.4 is 4.90 Å². The Hall–Kier alpha value is -9.50. The van der Waals surface area contributed by atoms with Crippen molar-refractivity contribution >= 4 is 49.6 Å². The Morgan fingerprint density at radius 2 is 0.919 bits per heavy atom. The second-order valence-corrected chi connectivity index (χ2v) is 20.2. The molecule has 2 aliphatic rings. The van der Waals surface area contributed by atoms with Crippen molar-refractivity contribution in [3.05, 3.63) is 290 Å². The second-order valence-electron chi connectivity index (χ2n) is 20.2. The van der Waals surface area contributed by atoms with Crippen molar-refractivity contribution in [2.75, 3.05) is 4.90 Å². The van der Waals surface area contributed by atoms with Gasteiger partial charge in [0.05, 0.1) is 16.7 Å². The summed E-state index contributed by atoms with van der Waals surface area (Å²) in [4.78, 5) is 2.45. The number of aromatic nitrogens is 1. The van der Waals surface area contributed by atoms with Crippen LogP contribution in [-0.2, 0) is 5.41 Å². The third-order valence-electron chi connectivity index (χ3n) is 16.1. The zero-order valence-corrected chi connectivity index (χ0v) is 40.9. The Labute approximate surface area is 431 Å². The van der Waals surface area contributed by atoms with Crippen molar-refractivity contribution in [1.82, 2.24) is 4.57 Å². The van der Waals surface area contributed by atoms with E-state index in [1.54, 1.807) is 0 Å². The predicted octanol–water partition coefficient (Wildman–Crippen LogP) is 19.4. The van der Waals surface area contributed by atoms with Gasteiger partial charge >= 0.3 is 0 Å². The summed E-state index contributed by atoms with van der Waals surface area (Å²) in [6.07, 6.45) is 0. The Morgan fingerprint density at radius 3 is 1.66 bits per heavy atom. The molecule has 0 bridgehead atoms. The normalized spacial score (nSPS) is 14.1. The molecule has 74 heavy (non-hydrogen) atoms. The van der Waals surface area contributed by atoms with Gasteiger partial charge in [-0.25, -0.2) is 0 Å². The van der Waals surface area contributed by atoms with Crippen molar-refractivity contribution in [3.8, 4) is 72.4 Å². The zero-order valence-electron chi connectivity index (χ0n) is 40.9. The number of benzene rings is 12. The van der Waals surface area contributed by atoms with Gasteiger partial charge in [-0.3, -0.25) is 0 Å². The van der Waals surface area contributed by atoms with Crippen LogP contribution in [0.1, 0.15) is 23.6 Å². The Kier molecular flexibility index (Phi) is 9.43. The highest BCUT2D eigenvalue weighted by atomic mass is 15.1. The van der Waals surface area contributed by atoms with Gasteiger partial charge < -0.3 is 9.47 Å². The fourth-order valence-corrected chi connectivity index (χ4v) is 12.7. The van der Waals surface area contributed by atoms with E-state index in [0.717, 1.165) is 28.2 Å². The molecule has 15 rings (SSSR count). The van der Waals surface area contributed by atoms with Crippen LogP contribution in [0.15, 0.2) is 273 Å². The first-order chi connectivity index (χ1) is 36.6. The summed E-state index contributed by atoms with van der Waals surface area (Å²) >= 11 is 0. The highest BCUT2D eigenvalue weighted by molar-refractivity contribution is 6.19. The Morgan fingerprint density at radius 1 is 0.324 bits per heavy atom. The van der Waals surface area contributed by atoms with Gasteiger partial charge in [-0.15, -0.1) is 0 Å². The molecule has 0 spiro atoms. The molecule has 0 saturated carbocycles. The maximum absolute atomic E-state index is 2.57. The van der Waals surface area contributed by atoms with Gasteiger partial charge in [-0.1, -0.05) is 212 Å². The molecule has 13 aromatic rings. The molecule has 1 aliphatic carbocycles. The molecule has 1 atom stereocenters. The van der Waals surface area contributed by atoms with Gasteiger partial charge in [0.25, 0.3) is 0 Å². The lowest BCUT2D eigenvalue weighted by molar-refractivity contribution is 0.714. The summed E-state index contributed by atoms with van der Waals surface area (Å²) in [6.45, 7) is 2.43. The Bertz CT molecular complexity index is 4300. The second kappa shape index (κ2) is 16.5. The predicted molar refractivity (Wildman–Crippen MR) is 311 cm³/mol. The molecule has 2 nitrogen and oxygen atoms in total. The zero-order chi connectivity index (χ0) is 48.9. The molecule has 2 heteroatoms. The molecule has 1 aliphatic heterocycles. The van der Waals surface area contributed by atoms with Gasteiger partial charge in [0.1, 0.15) is 0 Å². The SMILES string of the molecule is CC1(c2ccccc2)c2cccc3c2-c2c1ccc1c4ccccc4n(c21)-c1ccc(-c2cccc4ccc(N(c5cccc(-c6ccccc6)c5)c5cc(-c6ccccc6)cc(-c6ccccc6)c5)cc24)cc1-3. The number of fused-ring (bicyclic) bond motifs is 7. The van der Waals surface area contributed by atoms with E-state index >= 15 is 0 Å². The van der Waals surface area contributed by atoms with E-state index < -0.39 is 0 Å². The minimum absolute atomic E-state index is 0.326. The van der Waals surface area contributed by atoms with Gasteiger partial charge in [0, 0.05) is 44.4 Å². The van der Waals surface area contributed by atoms with Crippen molar-refractivity contribution in [2.45, 2.75) is 12.3 Å². The minimum Gasteiger partial charge on any atom is -0.310 e. The maximum atomic E-state index is 2.57. The van der Waals surface area contributed by atoms with Crippen LogP contribution in [0.5, 0.6) is 0 Å². The largest absolute Gasteiger partial charge is 0.310 e. The smallest absolute Gasteiger partial charge is 0.0623 e. The van der Waals surface area contributed by atoms with Gasteiger partial charge in [0.15, 0.2) is 0 Å². The lowest BCUT2D eigenvalue weighted by Gasteiger charge is -2.29. The van der Waals surface area contributed by atoms with Crippen molar-refractivity contribution in [3.63, 3.8) is 0 Å². The first-order valence-electron chi connectivity index (χ1n) is 25.7. The van der Waals surface area contributed by atoms with Crippen LogP contribution in [0.25, 0.3) is 105 Å². The maximum Gasteiger partial charge on any atom is 0.0623 e. The first-order valence-corrected chi connectivity index (χ1v) is 25.7. The summed E-state index contributed by atoms with van der Waals surface area (Å²) < 4.78 is 2.57. The summed E-state index contributed by atoms with van der Waals surface area (Å²) in [5, 5.41) is 4.95. The fraction of sp³-hybridized carbons (Fsp3) is 0.0278. The van der Waals surface area contributed by atoms with Crippen LogP contribution in [0.3, 0.4) is 0 Å². The quantitative estimate of drug-likeness (QED) is 0.147. The lowest BCUT2D eigenvalue weighted by atomic mass is 9.74. The number of nitrogens with zero attached hydrogens (tertiary/aromatic N) is 2. The van der Waals surface area contributed by atoms with E-state index in [2.05, 4.69) is 289 Å². The molecule has 2 heterocycles. The molecule has 0 saturated heterocycles. The van der Waals surface area contributed by atoms with Crippen LogP contribution >= 0.6 is 0 Å². The first kappa shape index (κ1) is 42.2. The van der Waals surface area contributed by atoms with E-state index in [1.807, 2.05) is 0 Å². The third-order valence-corrected chi connectivity index (χ3v) is 16.1. The van der Waals surface area contributed by atoms with E-state index in [4.69, 9.17) is 0 Å². The van der Waals surface area contributed by atoms with Crippen molar-refractivity contribution in [1.29, 1.82) is 0 Å². The molecule has 0 radical (unpaired) electrons. The standard InChI is InChI=1S/C72H48N2/c1-72(55-27-12-5-13-28-55)65-33-18-32-61-64-45-52(36-40-68(64)74-67-34-15-14-30-60(67)62-38-39-66(72)70(69(61)65)71(62)74)59-31-17-25-50-35-37-57(46-63(50)59)73(56-29-16-26-51(42-56)47-19-6-2-7-20-47)58-43-53(48-21-8-3-9-22-48)41-54(44-58)49-23-10-4-11-24-49/h2-46H,1H3. The van der Waals surface area contributed by atoms with Gasteiger partial charge in [-0.2, -0.15) is 0 Å². The number of para-hydroxylation sites is 1. The van der Waals surface area contributed by atoms with Crippen molar-refractivity contribution in [2.24, 2.45) is 0 Å². The van der Waals surface area contributed by atoms with Crippen LogP contribution in [0.2, 0.25) is 0 Å². The van der Waals surface area contributed by atoms with Crippen molar-refractivity contribution < 1.29 is 0 Å². The summed E-state index contributed by atoms with van der Waals surface area (Å²) in [5.41, 5.74) is 25.3. The average molecular weight is 941 g/mol. The van der Waals surface area contributed by atoms with E-state index in [0.29, 0.717) is 0 Å². The highest BCUT2D eigenvalue weighted by Gasteiger charge is 2.44. The van der Waals surface area contributed by atoms with E-state index in [-0.39, 0.29) is 5.41 Å². The average Bonchev–Trinajstić information content (AvgIpc) is 3.91. The van der Waals surface area contributed by atoms with E-state index in [1.165, 1.54) is 111 Å². The number of hydrogen-bond acceptors (Lipinski definition) is 1. The number of hydrogen-bond donors (Lipinski definition) is 0. The minimum atomic E-state index is -0.326. The lowest BCUT2D eigenvalue weighted by Crippen LogP contribution is -2.22. The van der Waals surface area contributed by atoms with Crippen LogP contribution in [-0.4, -0.2) is 4.57 Å². The molecule has 346 valence electrons. The highest BCUT2D eigenvalue weighted by Crippen LogP contribution is 2.60. The van der Waals surface area contributed by atoms with Gasteiger partial charge in [-0.05, 0) is 151 Å². The molecule has 1 unspecified atom stereocenters. The topological polar surface area (TPSA) is 8.17 Å². The van der Waals surface area contributed by atoms with Gasteiger partial charge in [0.2, 0.25) is 0 Å². The third kappa shape index (κ3) is 6.38. The summed E-state index contributed by atoms with van der Waals surface area (Å²) in [7, 11) is 0. The van der Waals surface area contributed by atoms with Crippen LogP contribution in [0.4, 0.5) is 17.1 Å². The molecule has 0 amide bonds. The molecule has 1 aromatic heterocycles. The molecular weight excluding hydrogens is 893 g/mol. The van der Waals surface area contributed by atoms with E-state index in [9.17, 15) is 0 Å². The summed E-state index contributed by atoms with van der Waals surface area (Å²) in [6, 6.07) is 101. The van der Waals surface area contributed by atoms with Crippen LogP contribution in [0, 0.1) is 0 Å². The fourth-order valence-electron chi connectivity index (χ4n) is 12.7. The number of rotatable bonds is 8. The molecule has 0 N–H and O–H groups in total. The molecule has 0 fully saturated rings. The number of anilines is 3.